The highest BCUT2D eigenvalue weighted by molar-refractivity contribution is 5.56. The Morgan fingerprint density at radius 1 is 0.243 bits per heavy atom. The summed E-state index contributed by atoms with van der Waals surface area (Å²) in [4.78, 5) is 0. The van der Waals surface area contributed by atoms with Crippen molar-refractivity contribution < 1.29 is 0 Å². The summed E-state index contributed by atoms with van der Waals surface area (Å²) in [7, 11) is 0. The van der Waals surface area contributed by atoms with Crippen molar-refractivity contribution in [2.24, 2.45) is 23.7 Å². The van der Waals surface area contributed by atoms with Gasteiger partial charge >= 0.3 is 0 Å². The molecule has 338 valence electrons. The van der Waals surface area contributed by atoms with Crippen LogP contribution in [0.2, 0.25) is 0 Å². The lowest BCUT2D eigenvalue weighted by atomic mass is 9.41. The van der Waals surface area contributed by atoms with E-state index in [1.165, 1.54) is 88.2 Å². The Hall–Kier alpha value is -7.22. The monoisotopic (exact) mass is 898 g/mol. The molecule has 0 nitrogen and oxygen atoms in total. The molecular weight excluding hydrogens is 841 g/mol. The molecule has 15 rings (SSSR count). The Morgan fingerprint density at radius 3 is 0.729 bits per heavy atom. The van der Waals surface area contributed by atoms with Crippen molar-refractivity contribution in [3.63, 3.8) is 0 Å². The highest BCUT2D eigenvalue weighted by atomic mass is 14.6. The van der Waals surface area contributed by atoms with Gasteiger partial charge < -0.3 is 0 Å². The zero-order chi connectivity index (χ0) is 46.6. The third-order valence-electron chi connectivity index (χ3n) is 17.8. The highest BCUT2D eigenvalue weighted by Crippen LogP contribution is 2.68. The number of hydrogen-bond donors (Lipinski definition) is 0. The molecule has 8 aliphatic carbocycles. The van der Waals surface area contributed by atoms with Gasteiger partial charge in [0.15, 0.2) is 0 Å². The smallest absolute Gasteiger partial charge is 0.0264 e. The molecule has 4 unspecified atom stereocenters. The maximum Gasteiger partial charge on any atom is 0.0264 e. The molecule has 8 aliphatic rings. The van der Waals surface area contributed by atoms with Crippen molar-refractivity contribution >= 4 is 0 Å². The number of hydrogen-bond acceptors (Lipinski definition) is 0. The van der Waals surface area contributed by atoms with E-state index in [4.69, 9.17) is 0 Å². The van der Waals surface area contributed by atoms with Crippen LogP contribution in [-0.4, -0.2) is 0 Å². The van der Waals surface area contributed by atoms with Crippen molar-refractivity contribution in [2.75, 3.05) is 0 Å². The third kappa shape index (κ3) is 8.20. The standard InChI is InChI=1S/C70H58/c1-5-13-51(14-6-1)21-25-55-33-56(26-22-52-15-7-2-8-16-52)38-65(37-55)69-45-59-35-60(46-69)42-67(41-59,49-69)63-29-31-64(32-30-63)68-43-61-36-62(44-68)48-70(47-61,50-68)66-39-57(27-23-53-17-9-3-10-18-53)34-58(40-66)28-24-54-19-11-4-12-20-54/h1-20,29-34,37-40,59-62H,35-36,41-50H2. The molecule has 8 bridgehead atoms. The van der Waals surface area contributed by atoms with Crippen molar-refractivity contribution in [3.8, 4) is 47.4 Å². The maximum absolute atomic E-state index is 3.59. The summed E-state index contributed by atoms with van der Waals surface area (Å²) in [5, 5.41) is 0. The summed E-state index contributed by atoms with van der Waals surface area (Å²) >= 11 is 0. The molecule has 7 aromatic rings. The van der Waals surface area contributed by atoms with Crippen LogP contribution in [0.25, 0.3) is 0 Å². The molecule has 0 aromatic heterocycles. The summed E-state index contributed by atoms with van der Waals surface area (Å²) in [6.45, 7) is 0. The molecule has 0 spiro atoms. The zero-order valence-electron chi connectivity index (χ0n) is 40.1. The van der Waals surface area contributed by atoms with Gasteiger partial charge in [0.1, 0.15) is 0 Å². The predicted octanol–water partition coefficient (Wildman–Crippen LogP) is 14.9. The summed E-state index contributed by atoms with van der Waals surface area (Å²) in [5.74, 6) is 31.2. The van der Waals surface area contributed by atoms with Gasteiger partial charge in [-0.1, -0.05) is 144 Å². The van der Waals surface area contributed by atoms with E-state index in [-0.39, 0.29) is 21.7 Å². The van der Waals surface area contributed by atoms with Crippen LogP contribution in [0.15, 0.2) is 182 Å². The average molecular weight is 899 g/mol. The Balaban J connectivity index is 0.829. The molecule has 0 radical (unpaired) electrons. The first-order valence-electron chi connectivity index (χ1n) is 26.1. The van der Waals surface area contributed by atoms with Gasteiger partial charge in [-0.15, -0.1) is 0 Å². The fourth-order valence-corrected chi connectivity index (χ4v) is 15.9. The molecule has 4 atom stereocenters. The minimum absolute atomic E-state index is 0.132. The van der Waals surface area contributed by atoms with E-state index in [1.54, 1.807) is 11.1 Å². The third-order valence-corrected chi connectivity index (χ3v) is 17.8. The lowest BCUT2D eigenvalue weighted by Gasteiger charge is -2.63. The van der Waals surface area contributed by atoms with Crippen molar-refractivity contribution in [1.29, 1.82) is 0 Å². The molecule has 0 heterocycles. The van der Waals surface area contributed by atoms with E-state index >= 15 is 0 Å². The quantitative estimate of drug-likeness (QED) is 0.154. The second kappa shape index (κ2) is 17.3. The molecule has 0 N–H and O–H groups in total. The highest BCUT2D eigenvalue weighted by Gasteiger charge is 2.60. The minimum atomic E-state index is 0.132. The molecule has 7 aromatic carbocycles. The van der Waals surface area contributed by atoms with Gasteiger partial charge in [0.25, 0.3) is 0 Å². The summed E-state index contributed by atoms with van der Waals surface area (Å²) < 4.78 is 0. The van der Waals surface area contributed by atoms with Crippen molar-refractivity contribution in [2.45, 2.75) is 98.7 Å². The van der Waals surface area contributed by atoms with Gasteiger partial charge in [-0.2, -0.15) is 0 Å². The van der Waals surface area contributed by atoms with Crippen LogP contribution in [0.1, 0.15) is 144 Å². The van der Waals surface area contributed by atoms with Gasteiger partial charge in [0, 0.05) is 44.5 Å². The van der Waals surface area contributed by atoms with E-state index in [2.05, 4.69) is 229 Å². The second-order valence-electron chi connectivity index (χ2n) is 22.7. The molecule has 8 saturated carbocycles. The Labute approximate surface area is 416 Å². The van der Waals surface area contributed by atoms with Gasteiger partial charge in [0.2, 0.25) is 0 Å². The van der Waals surface area contributed by atoms with Crippen molar-refractivity contribution in [3.05, 3.63) is 249 Å². The maximum atomic E-state index is 3.59. The largest absolute Gasteiger partial charge is 0.0622 e. The normalized spacial score (nSPS) is 28.2. The van der Waals surface area contributed by atoms with E-state index in [0.717, 1.165) is 68.2 Å². The van der Waals surface area contributed by atoms with Crippen LogP contribution in [0.4, 0.5) is 0 Å². The van der Waals surface area contributed by atoms with Crippen LogP contribution in [-0.2, 0) is 21.7 Å². The average Bonchev–Trinajstić information content (AvgIpc) is 3.39. The first-order valence-corrected chi connectivity index (χ1v) is 26.1. The van der Waals surface area contributed by atoms with E-state index < -0.39 is 0 Å². The first-order chi connectivity index (χ1) is 34.4. The predicted molar refractivity (Wildman–Crippen MR) is 285 cm³/mol. The van der Waals surface area contributed by atoms with Crippen molar-refractivity contribution in [1.82, 2.24) is 0 Å². The summed E-state index contributed by atoms with van der Waals surface area (Å²) in [6.07, 6.45) is 15.5. The van der Waals surface area contributed by atoms with E-state index in [1.807, 2.05) is 0 Å². The van der Waals surface area contributed by atoms with Crippen LogP contribution in [0, 0.1) is 71.0 Å². The van der Waals surface area contributed by atoms with Crippen LogP contribution < -0.4 is 0 Å². The number of benzene rings is 7. The van der Waals surface area contributed by atoms with Crippen LogP contribution in [0.5, 0.6) is 0 Å². The molecule has 0 saturated heterocycles. The van der Waals surface area contributed by atoms with Gasteiger partial charge in [-0.05, 0) is 230 Å². The van der Waals surface area contributed by atoms with E-state index in [9.17, 15) is 0 Å². The molecule has 0 heteroatoms. The lowest BCUT2D eigenvalue weighted by molar-refractivity contribution is -0.0297. The minimum Gasteiger partial charge on any atom is -0.0622 e. The molecule has 0 amide bonds. The fourth-order valence-electron chi connectivity index (χ4n) is 15.9. The Kier molecular flexibility index (Phi) is 10.6. The van der Waals surface area contributed by atoms with Gasteiger partial charge in [-0.25, -0.2) is 0 Å². The lowest BCUT2D eigenvalue weighted by Crippen LogP contribution is -2.56. The SMILES string of the molecule is C(#Cc1cc(C#Cc2ccccc2)cc(C23CC4CC(CC(c5ccc(C67CC8CC(C6)CC(c6cc(C#Cc9ccccc9)cc(C#Cc9ccccc9)c6)(C8)C7)cc5)(C4)C2)C3)c1)c1ccccc1. The molecule has 8 fully saturated rings. The second-order valence-corrected chi connectivity index (χ2v) is 22.7. The molecular formula is C70H58. The summed E-state index contributed by atoms with van der Waals surface area (Å²) in [6, 6.07) is 66.3. The Morgan fingerprint density at radius 2 is 0.471 bits per heavy atom. The summed E-state index contributed by atoms with van der Waals surface area (Å²) in [5.41, 5.74) is 15.2. The van der Waals surface area contributed by atoms with Gasteiger partial charge in [0.05, 0.1) is 0 Å². The topological polar surface area (TPSA) is 0 Å². The molecule has 70 heavy (non-hydrogen) atoms. The van der Waals surface area contributed by atoms with Gasteiger partial charge in [-0.3, -0.25) is 0 Å². The Bertz CT molecular complexity index is 2960. The van der Waals surface area contributed by atoms with E-state index in [0.29, 0.717) is 0 Å². The van der Waals surface area contributed by atoms with Crippen LogP contribution >= 0.6 is 0 Å². The molecule has 0 aliphatic heterocycles. The fraction of sp³-hybridized carbons (Fsp3) is 0.286. The van der Waals surface area contributed by atoms with Crippen LogP contribution in [0.3, 0.4) is 0 Å². The first kappa shape index (κ1) is 42.8. The zero-order valence-corrected chi connectivity index (χ0v) is 40.1. The number of rotatable bonds is 4.